The lowest BCUT2D eigenvalue weighted by atomic mass is 10.2. The molecule has 9 heteroatoms. The third-order valence-electron chi connectivity index (χ3n) is 5.07. The number of primary sulfonamides is 1. The molecular weight excluding hydrogens is 430 g/mol. The van der Waals surface area contributed by atoms with Gasteiger partial charge in [0.2, 0.25) is 10.0 Å². The summed E-state index contributed by atoms with van der Waals surface area (Å²) < 4.78 is 27.8. The molecule has 0 atom stereocenters. The van der Waals surface area contributed by atoms with E-state index in [2.05, 4.69) is 33.2 Å². The first-order valence-corrected chi connectivity index (χ1v) is 12.7. The minimum Gasteiger partial charge on any atom is -0.327 e. The van der Waals surface area contributed by atoms with Crippen molar-refractivity contribution in [2.24, 2.45) is 5.14 Å². The molecule has 2 heterocycles. The third-order valence-corrected chi connectivity index (χ3v) is 6.98. The van der Waals surface area contributed by atoms with Gasteiger partial charge >= 0.3 is 0 Å². The van der Waals surface area contributed by atoms with Crippen LogP contribution in [0.5, 0.6) is 0 Å². The molecule has 2 aromatic heterocycles. The SMILES string of the molecule is CCCCn1c(CSc2nccn2Cc2ccccc2)nc2cc(S(N)(=O)=O)ccc21. The molecule has 2 aromatic carbocycles. The molecule has 0 unspecified atom stereocenters. The molecule has 0 bridgehead atoms. The number of aryl methyl sites for hydroxylation is 1. The number of rotatable bonds is 9. The second kappa shape index (κ2) is 9.25. The summed E-state index contributed by atoms with van der Waals surface area (Å²) in [5.74, 6) is 1.53. The number of nitrogens with zero attached hydrogens (tertiary/aromatic N) is 4. The summed E-state index contributed by atoms with van der Waals surface area (Å²) in [5, 5.41) is 6.22. The minimum absolute atomic E-state index is 0.0812. The van der Waals surface area contributed by atoms with Crippen LogP contribution in [0.2, 0.25) is 0 Å². The van der Waals surface area contributed by atoms with Gasteiger partial charge in [-0.05, 0) is 30.2 Å². The molecule has 0 radical (unpaired) electrons. The second-order valence-electron chi connectivity index (χ2n) is 7.34. The van der Waals surface area contributed by atoms with E-state index >= 15 is 0 Å². The maximum Gasteiger partial charge on any atom is 0.238 e. The lowest BCUT2D eigenvalue weighted by Gasteiger charge is -2.10. The summed E-state index contributed by atoms with van der Waals surface area (Å²) in [6.45, 7) is 3.73. The van der Waals surface area contributed by atoms with Gasteiger partial charge in [-0.1, -0.05) is 55.4 Å². The van der Waals surface area contributed by atoms with Crippen molar-refractivity contribution in [3.8, 4) is 0 Å². The van der Waals surface area contributed by atoms with Gasteiger partial charge in [0.1, 0.15) is 5.82 Å². The molecule has 0 amide bonds. The number of thioether (sulfide) groups is 1. The van der Waals surface area contributed by atoms with Gasteiger partial charge in [0.15, 0.2) is 5.16 Å². The molecule has 162 valence electrons. The Morgan fingerprint density at radius 2 is 1.94 bits per heavy atom. The van der Waals surface area contributed by atoms with Crippen molar-refractivity contribution in [1.29, 1.82) is 0 Å². The van der Waals surface area contributed by atoms with Crippen LogP contribution in [-0.2, 0) is 28.9 Å². The monoisotopic (exact) mass is 455 g/mol. The highest BCUT2D eigenvalue weighted by atomic mass is 32.2. The van der Waals surface area contributed by atoms with Crippen LogP contribution < -0.4 is 5.14 Å². The first-order chi connectivity index (χ1) is 15.0. The fraction of sp³-hybridized carbons (Fsp3) is 0.273. The molecule has 0 aliphatic carbocycles. The van der Waals surface area contributed by atoms with Crippen LogP contribution in [-0.4, -0.2) is 27.5 Å². The molecule has 31 heavy (non-hydrogen) atoms. The molecule has 0 saturated heterocycles. The third kappa shape index (κ3) is 5.00. The fourth-order valence-corrected chi connectivity index (χ4v) is 4.92. The van der Waals surface area contributed by atoms with E-state index < -0.39 is 10.0 Å². The summed E-state index contributed by atoms with van der Waals surface area (Å²) in [5.41, 5.74) is 2.78. The number of nitrogens with two attached hydrogens (primary N) is 1. The van der Waals surface area contributed by atoms with Crippen molar-refractivity contribution in [2.45, 2.75) is 48.7 Å². The lowest BCUT2D eigenvalue weighted by molar-refractivity contribution is 0.598. The molecule has 0 saturated carbocycles. The maximum atomic E-state index is 11.7. The molecular formula is C22H25N5O2S2. The normalized spacial score (nSPS) is 11.9. The van der Waals surface area contributed by atoms with Crippen LogP contribution in [0.25, 0.3) is 11.0 Å². The van der Waals surface area contributed by atoms with Crippen molar-refractivity contribution in [3.05, 3.63) is 72.3 Å². The molecule has 0 spiro atoms. The Morgan fingerprint density at radius 3 is 2.68 bits per heavy atom. The summed E-state index contributed by atoms with van der Waals surface area (Å²) in [6, 6.07) is 15.2. The Kier molecular flexibility index (Phi) is 6.45. The molecule has 4 rings (SSSR count). The Morgan fingerprint density at radius 1 is 1.13 bits per heavy atom. The van der Waals surface area contributed by atoms with E-state index in [1.165, 1.54) is 5.56 Å². The molecule has 0 fully saturated rings. The highest BCUT2D eigenvalue weighted by Gasteiger charge is 2.16. The Hall–Kier alpha value is -2.62. The molecule has 0 aliphatic heterocycles. The van der Waals surface area contributed by atoms with Gasteiger partial charge in [-0.2, -0.15) is 0 Å². The minimum atomic E-state index is -3.77. The zero-order chi connectivity index (χ0) is 21.8. The van der Waals surface area contributed by atoms with Gasteiger partial charge in [-0.15, -0.1) is 0 Å². The standard InChI is InChI=1S/C22H25N5O2S2/c1-2-3-12-27-20-10-9-18(31(23,28)29)14-19(20)25-21(27)16-30-22-24-11-13-26(22)15-17-7-5-4-6-8-17/h4-11,13-14H,2-3,12,15-16H2,1H3,(H2,23,28,29). The first kappa shape index (κ1) is 21.6. The highest BCUT2D eigenvalue weighted by molar-refractivity contribution is 7.98. The van der Waals surface area contributed by atoms with Crippen LogP contribution in [0.15, 0.2) is 71.0 Å². The Labute approximate surface area is 186 Å². The predicted octanol–water partition coefficient (Wildman–Crippen LogP) is 4.02. The highest BCUT2D eigenvalue weighted by Crippen LogP contribution is 2.26. The number of hydrogen-bond donors (Lipinski definition) is 1. The number of fused-ring (bicyclic) bond motifs is 1. The van der Waals surface area contributed by atoms with E-state index in [9.17, 15) is 8.42 Å². The number of unbranched alkanes of at least 4 members (excludes halogenated alkanes) is 1. The van der Waals surface area contributed by atoms with E-state index in [1.807, 2.05) is 30.6 Å². The zero-order valence-electron chi connectivity index (χ0n) is 17.3. The van der Waals surface area contributed by atoms with E-state index in [0.29, 0.717) is 11.3 Å². The maximum absolute atomic E-state index is 11.7. The number of sulfonamides is 1. The van der Waals surface area contributed by atoms with Gasteiger partial charge < -0.3 is 9.13 Å². The summed E-state index contributed by atoms with van der Waals surface area (Å²) in [4.78, 5) is 9.33. The fourth-order valence-electron chi connectivity index (χ4n) is 3.48. The number of benzene rings is 2. The van der Waals surface area contributed by atoms with Crippen molar-refractivity contribution in [3.63, 3.8) is 0 Å². The van der Waals surface area contributed by atoms with Crippen LogP contribution in [0.1, 0.15) is 31.2 Å². The van der Waals surface area contributed by atoms with E-state index in [-0.39, 0.29) is 4.90 Å². The van der Waals surface area contributed by atoms with Gasteiger partial charge in [0.05, 0.1) is 21.7 Å². The molecule has 0 aliphatic rings. The lowest BCUT2D eigenvalue weighted by Crippen LogP contribution is -2.11. The van der Waals surface area contributed by atoms with E-state index in [0.717, 1.165) is 42.4 Å². The van der Waals surface area contributed by atoms with Crippen molar-refractivity contribution in [2.75, 3.05) is 0 Å². The van der Waals surface area contributed by atoms with Crippen LogP contribution in [0, 0.1) is 0 Å². The van der Waals surface area contributed by atoms with Crippen LogP contribution in [0.4, 0.5) is 0 Å². The smallest absolute Gasteiger partial charge is 0.238 e. The number of imidazole rings is 2. The number of hydrogen-bond acceptors (Lipinski definition) is 5. The topological polar surface area (TPSA) is 95.8 Å². The van der Waals surface area contributed by atoms with Crippen molar-refractivity contribution >= 4 is 32.8 Å². The summed E-state index contributed by atoms with van der Waals surface area (Å²) >= 11 is 1.62. The average Bonchev–Trinajstić information content (AvgIpc) is 3.34. The second-order valence-corrected chi connectivity index (χ2v) is 9.84. The quantitative estimate of drug-likeness (QED) is 0.385. The predicted molar refractivity (Wildman–Crippen MR) is 123 cm³/mol. The van der Waals surface area contributed by atoms with Crippen molar-refractivity contribution < 1.29 is 8.42 Å². The summed E-state index contributed by atoms with van der Waals surface area (Å²) in [7, 11) is -3.77. The zero-order valence-corrected chi connectivity index (χ0v) is 18.9. The van der Waals surface area contributed by atoms with Crippen molar-refractivity contribution in [1.82, 2.24) is 19.1 Å². The molecule has 7 nitrogen and oxygen atoms in total. The Balaban J connectivity index is 1.60. The largest absolute Gasteiger partial charge is 0.327 e. The Bertz CT molecular complexity index is 1280. The summed E-state index contributed by atoms with van der Waals surface area (Å²) in [6.07, 6.45) is 5.86. The van der Waals surface area contributed by atoms with Crippen LogP contribution >= 0.6 is 11.8 Å². The average molecular weight is 456 g/mol. The number of aromatic nitrogens is 4. The first-order valence-electron chi connectivity index (χ1n) is 10.2. The van der Waals surface area contributed by atoms with Gasteiger partial charge in [0.25, 0.3) is 0 Å². The van der Waals surface area contributed by atoms with Gasteiger partial charge in [-0.3, -0.25) is 0 Å². The molecule has 2 N–H and O–H groups in total. The van der Waals surface area contributed by atoms with Crippen LogP contribution in [0.3, 0.4) is 0 Å². The van der Waals surface area contributed by atoms with Gasteiger partial charge in [-0.25, -0.2) is 23.5 Å². The van der Waals surface area contributed by atoms with Gasteiger partial charge in [0, 0.05) is 25.5 Å². The van der Waals surface area contributed by atoms with E-state index in [1.54, 1.807) is 30.0 Å². The molecule has 4 aromatic rings. The van der Waals surface area contributed by atoms with E-state index in [4.69, 9.17) is 10.1 Å².